The van der Waals surface area contributed by atoms with E-state index in [4.69, 9.17) is 0 Å². The fourth-order valence-electron chi connectivity index (χ4n) is 2.92. The number of nitrogens with zero attached hydrogens (tertiary/aromatic N) is 1. The van der Waals surface area contributed by atoms with Crippen LogP contribution in [0.4, 0.5) is 5.69 Å². The van der Waals surface area contributed by atoms with E-state index in [0.29, 0.717) is 6.04 Å². The van der Waals surface area contributed by atoms with Crippen LogP contribution in [0.25, 0.3) is 0 Å². The van der Waals surface area contributed by atoms with Crippen molar-refractivity contribution in [2.24, 2.45) is 0 Å². The van der Waals surface area contributed by atoms with Crippen molar-refractivity contribution in [1.29, 1.82) is 0 Å². The van der Waals surface area contributed by atoms with Crippen LogP contribution in [0.5, 0.6) is 0 Å². The molecule has 0 amide bonds. The highest BCUT2D eigenvalue weighted by Gasteiger charge is 2.17. The Kier molecular flexibility index (Phi) is 5.26. The van der Waals surface area contributed by atoms with Crippen LogP contribution in [0.2, 0.25) is 0 Å². The summed E-state index contributed by atoms with van der Waals surface area (Å²) in [5.74, 6) is 0. The summed E-state index contributed by atoms with van der Waals surface area (Å²) in [5, 5.41) is 3.33. The zero-order valence-electron chi connectivity index (χ0n) is 12.7. The fraction of sp³-hybridized carbons (Fsp3) is 0.647. The topological polar surface area (TPSA) is 15.3 Å². The molecule has 0 aromatic heterocycles. The minimum atomic E-state index is 0.445. The molecule has 1 aliphatic rings. The van der Waals surface area contributed by atoms with Crippen molar-refractivity contribution in [3.63, 3.8) is 0 Å². The van der Waals surface area contributed by atoms with Gasteiger partial charge in [0.05, 0.1) is 0 Å². The SMILES string of the molecule is CCCCCN1CCCc2cc(C(C)NC)ccc21. The quantitative estimate of drug-likeness (QED) is 0.780. The lowest BCUT2D eigenvalue weighted by molar-refractivity contribution is 0.630. The van der Waals surface area contributed by atoms with Crippen LogP contribution in [0.1, 0.15) is 56.7 Å². The van der Waals surface area contributed by atoms with Gasteiger partial charge in [0.15, 0.2) is 0 Å². The highest BCUT2D eigenvalue weighted by Crippen LogP contribution is 2.30. The summed E-state index contributed by atoms with van der Waals surface area (Å²) in [6, 6.07) is 7.48. The molecule has 0 bridgehead atoms. The third kappa shape index (κ3) is 3.50. The number of hydrogen-bond donors (Lipinski definition) is 1. The minimum absolute atomic E-state index is 0.445. The monoisotopic (exact) mass is 260 g/mol. The normalized spacial score (nSPS) is 16.3. The summed E-state index contributed by atoms with van der Waals surface area (Å²) >= 11 is 0. The second-order valence-electron chi connectivity index (χ2n) is 5.70. The molecule has 1 heterocycles. The average molecular weight is 260 g/mol. The molecule has 0 saturated heterocycles. The molecule has 1 aromatic rings. The van der Waals surface area contributed by atoms with E-state index in [2.05, 4.69) is 42.3 Å². The number of anilines is 1. The average Bonchev–Trinajstić information content (AvgIpc) is 2.46. The molecule has 106 valence electrons. The van der Waals surface area contributed by atoms with E-state index in [-0.39, 0.29) is 0 Å². The first-order chi connectivity index (χ1) is 9.26. The molecule has 1 aromatic carbocycles. The van der Waals surface area contributed by atoms with E-state index in [9.17, 15) is 0 Å². The van der Waals surface area contributed by atoms with Crippen molar-refractivity contribution in [3.05, 3.63) is 29.3 Å². The van der Waals surface area contributed by atoms with Crippen LogP contribution in [0.3, 0.4) is 0 Å². The van der Waals surface area contributed by atoms with Gasteiger partial charge >= 0.3 is 0 Å². The molecule has 0 aliphatic carbocycles. The maximum atomic E-state index is 3.33. The smallest absolute Gasteiger partial charge is 0.0398 e. The first-order valence-electron chi connectivity index (χ1n) is 7.81. The Hall–Kier alpha value is -1.02. The fourth-order valence-corrected chi connectivity index (χ4v) is 2.92. The van der Waals surface area contributed by atoms with E-state index in [1.54, 1.807) is 5.56 Å². The van der Waals surface area contributed by atoms with Gasteiger partial charge in [0.25, 0.3) is 0 Å². The van der Waals surface area contributed by atoms with Gasteiger partial charge < -0.3 is 10.2 Å². The van der Waals surface area contributed by atoms with Crippen LogP contribution in [-0.2, 0) is 6.42 Å². The number of aryl methyl sites for hydroxylation is 1. The number of benzene rings is 1. The number of nitrogens with one attached hydrogen (secondary N) is 1. The minimum Gasteiger partial charge on any atom is -0.371 e. The molecule has 0 radical (unpaired) electrons. The Labute approximate surface area is 118 Å². The van der Waals surface area contributed by atoms with Crippen LogP contribution < -0.4 is 10.2 Å². The second kappa shape index (κ2) is 6.95. The lowest BCUT2D eigenvalue weighted by atomic mass is 9.96. The lowest BCUT2D eigenvalue weighted by Crippen LogP contribution is -2.30. The van der Waals surface area contributed by atoms with Crippen LogP contribution >= 0.6 is 0 Å². The molecule has 2 nitrogen and oxygen atoms in total. The lowest BCUT2D eigenvalue weighted by Gasteiger charge is -2.32. The maximum absolute atomic E-state index is 3.33. The van der Waals surface area contributed by atoms with E-state index in [1.165, 1.54) is 56.4 Å². The number of rotatable bonds is 6. The third-order valence-corrected chi connectivity index (χ3v) is 4.28. The van der Waals surface area contributed by atoms with Gasteiger partial charge in [-0.2, -0.15) is 0 Å². The number of unbranched alkanes of at least 4 members (excludes halogenated alkanes) is 2. The summed E-state index contributed by atoms with van der Waals surface area (Å²) in [4.78, 5) is 2.59. The van der Waals surface area contributed by atoms with Crippen LogP contribution in [0, 0.1) is 0 Å². The van der Waals surface area contributed by atoms with E-state index in [0.717, 1.165) is 0 Å². The molecule has 19 heavy (non-hydrogen) atoms. The predicted octanol–water partition coefficient (Wildman–Crippen LogP) is 3.91. The third-order valence-electron chi connectivity index (χ3n) is 4.28. The molecular weight excluding hydrogens is 232 g/mol. The summed E-state index contributed by atoms with van der Waals surface area (Å²) < 4.78 is 0. The Balaban J connectivity index is 2.11. The summed E-state index contributed by atoms with van der Waals surface area (Å²) in [5.41, 5.74) is 4.44. The predicted molar refractivity (Wildman–Crippen MR) is 84.0 cm³/mol. The zero-order chi connectivity index (χ0) is 13.7. The highest BCUT2D eigenvalue weighted by molar-refractivity contribution is 5.57. The maximum Gasteiger partial charge on any atom is 0.0398 e. The van der Waals surface area contributed by atoms with Gasteiger partial charge in [0, 0.05) is 24.8 Å². The van der Waals surface area contributed by atoms with Crippen molar-refractivity contribution in [2.75, 3.05) is 25.0 Å². The molecule has 2 rings (SSSR count). The molecule has 0 spiro atoms. The number of hydrogen-bond acceptors (Lipinski definition) is 2. The van der Waals surface area contributed by atoms with Gasteiger partial charge in [-0.25, -0.2) is 0 Å². The Bertz CT molecular complexity index is 400. The Morgan fingerprint density at radius 3 is 2.89 bits per heavy atom. The second-order valence-corrected chi connectivity index (χ2v) is 5.70. The summed E-state index contributed by atoms with van der Waals surface area (Å²) in [6.45, 7) is 6.96. The van der Waals surface area contributed by atoms with Crippen molar-refractivity contribution in [3.8, 4) is 0 Å². The van der Waals surface area contributed by atoms with Gasteiger partial charge in [-0.05, 0) is 50.4 Å². The van der Waals surface area contributed by atoms with Crippen molar-refractivity contribution >= 4 is 5.69 Å². The highest BCUT2D eigenvalue weighted by atomic mass is 15.1. The van der Waals surface area contributed by atoms with Gasteiger partial charge in [-0.15, -0.1) is 0 Å². The zero-order valence-corrected chi connectivity index (χ0v) is 12.7. The Morgan fingerprint density at radius 1 is 1.32 bits per heavy atom. The summed E-state index contributed by atoms with van der Waals surface area (Å²) in [6.07, 6.45) is 6.52. The molecule has 1 N–H and O–H groups in total. The van der Waals surface area contributed by atoms with E-state index in [1.807, 2.05) is 7.05 Å². The van der Waals surface area contributed by atoms with Crippen LogP contribution in [0.15, 0.2) is 18.2 Å². The van der Waals surface area contributed by atoms with Gasteiger partial charge in [0.2, 0.25) is 0 Å². The van der Waals surface area contributed by atoms with Crippen molar-refractivity contribution < 1.29 is 0 Å². The summed E-state index contributed by atoms with van der Waals surface area (Å²) in [7, 11) is 2.03. The molecular formula is C17H28N2. The van der Waals surface area contributed by atoms with Gasteiger partial charge in [-0.1, -0.05) is 31.9 Å². The molecule has 2 heteroatoms. The largest absolute Gasteiger partial charge is 0.371 e. The van der Waals surface area contributed by atoms with Crippen molar-refractivity contribution in [2.45, 2.75) is 52.0 Å². The first-order valence-corrected chi connectivity index (χ1v) is 7.81. The van der Waals surface area contributed by atoms with Gasteiger partial charge in [0.1, 0.15) is 0 Å². The van der Waals surface area contributed by atoms with E-state index >= 15 is 0 Å². The van der Waals surface area contributed by atoms with Gasteiger partial charge in [-0.3, -0.25) is 0 Å². The molecule has 1 atom stereocenters. The molecule has 1 aliphatic heterocycles. The Morgan fingerprint density at radius 2 is 2.16 bits per heavy atom. The van der Waals surface area contributed by atoms with E-state index < -0.39 is 0 Å². The number of fused-ring (bicyclic) bond motifs is 1. The molecule has 0 fully saturated rings. The first kappa shape index (κ1) is 14.4. The van der Waals surface area contributed by atoms with Crippen LogP contribution in [-0.4, -0.2) is 20.1 Å². The standard InChI is InChI=1S/C17H28N2/c1-4-5-6-11-19-12-7-8-16-13-15(14(2)18-3)9-10-17(16)19/h9-10,13-14,18H,4-8,11-12H2,1-3H3. The molecule has 1 unspecified atom stereocenters. The van der Waals surface area contributed by atoms with Crippen molar-refractivity contribution in [1.82, 2.24) is 5.32 Å². The molecule has 0 saturated carbocycles.